The molecule has 5 nitrogen and oxygen atoms in total. The molecule has 0 bridgehead atoms. The zero-order valence-electron chi connectivity index (χ0n) is 13.4. The molecule has 1 N–H and O–H groups in total. The van der Waals surface area contributed by atoms with E-state index in [1.54, 1.807) is 0 Å². The average molecular weight is 299 g/mol. The fourth-order valence-electron chi connectivity index (χ4n) is 3.35. The first-order chi connectivity index (χ1) is 10.2. The number of carbonyl (C=O) groups is 1. The molecule has 21 heavy (non-hydrogen) atoms. The standard InChI is InChI=1S/C16H29NO4/c1-3-20-11-12-21-10-8-13-5-4-9-16(13,15(18)19-2)17-14-6-7-14/h13-14,17H,3-12H2,1-2H3. The molecule has 2 rings (SSSR count). The van der Waals surface area contributed by atoms with Crippen LogP contribution >= 0.6 is 0 Å². The van der Waals surface area contributed by atoms with Gasteiger partial charge in [0, 0.05) is 19.3 Å². The SMILES string of the molecule is CCOCCOCCC1CCCC1(NC1CC1)C(=O)OC. The maximum Gasteiger partial charge on any atom is 0.326 e. The Labute approximate surface area is 127 Å². The Kier molecular flexibility index (Phi) is 6.45. The topological polar surface area (TPSA) is 56.8 Å². The van der Waals surface area contributed by atoms with Gasteiger partial charge in [-0.2, -0.15) is 0 Å². The van der Waals surface area contributed by atoms with Crippen molar-refractivity contribution < 1.29 is 19.0 Å². The molecule has 2 aliphatic rings. The molecular weight excluding hydrogens is 270 g/mol. The lowest BCUT2D eigenvalue weighted by molar-refractivity contribution is -0.151. The summed E-state index contributed by atoms with van der Waals surface area (Å²) in [4.78, 5) is 12.3. The lowest BCUT2D eigenvalue weighted by Crippen LogP contribution is -2.56. The number of methoxy groups -OCH3 is 1. The van der Waals surface area contributed by atoms with Crippen LogP contribution < -0.4 is 5.32 Å². The summed E-state index contributed by atoms with van der Waals surface area (Å²) in [5, 5.41) is 3.57. The Balaban J connectivity index is 1.82. The molecule has 5 heteroatoms. The van der Waals surface area contributed by atoms with Crippen molar-refractivity contribution in [2.75, 3.05) is 33.5 Å². The summed E-state index contributed by atoms with van der Waals surface area (Å²) in [6, 6.07) is 0.503. The maximum absolute atomic E-state index is 12.3. The van der Waals surface area contributed by atoms with Crippen LogP contribution in [0.2, 0.25) is 0 Å². The molecule has 0 aliphatic heterocycles. The third-order valence-corrected chi connectivity index (χ3v) is 4.60. The molecule has 2 fully saturated rings. The van der Waals surface area contributed by atoms with Gasteiger partial charge in [0.05, 0.1) is 20.3 Å². The Morgan fingerprint density at radius 2 is 1.95 bits per heavy atom. The molecule has 0 heterocycles. The third-order valence-electron chi connectivity index (χ3n) is 4.60. The molecule has 0 aromatic rings. The lowest BCUT2D eigenvalue weighted by Gasteiger charge is -2.34. The van der Waals surface area contributed by atoms with Gasteiger partial charge in [0.25, 0.3) is 0 Å². The van der Waals surface area contributed by atoms with Crippen LogP contribution in [0, 0.1) is 5.92 Å². The van der Waals surface area contributed by atoms with Crippen LogP contribution in [-0.2, 0) is 19.0 Å². The quantitative estimate of drug-likeness (QED) is 0.493. The molecule has 2 atom stereocenters. The normalized spacial score (nSPS) is 28.8. The van der Waals surface area contributed by atoms with Crippen molar-refractivity contribution in [3.05, 3.63) is 0 Å². The highest BCUT2D eigenvalue weighted by molar-refractivity contribution is 5.81. The number of carbonyl (C=O) groups excluding carboxylic acids is 1. The number of esters is 1. The molecule has 0 aromatic carbocycles. The van der Waals surface area contributed by atoms with E-state index >= 15 is 0 Å². The minimum Gasteiger partial charge on any atom is -0.468 e. The number of ether oxygens (including phenoxy) is 3. The van der Waals surface area contributed by atoms with Crippen molar-refractivity contribution in [1.29, 1.82) is 0 Å². The highest BCUT2D eigenvalue weighted by atomic mass is 16.5. The van der Waals surface area contributed by atoms with Crippen molar-refractivity contribution in [3.63, 3.8) is 0 Å². The molecule has 0 radical (unpaired) electrons. The summed E-state index contributed by atoms with van der Waals surface area (Å²) in [6.07, 6.45) is 6.30. The highest BCUT2D eigenvalue weighted by Crippen LogP contribution is 2.41. The van der Waals surface area contributed by atoms with E-state index in [1.807, 2.05) is 6.92 Å². The molecule has 0 amide bonds. The molecule has 122 valence electrons. The van der Waals surface area contributed by atoms with Crippen LogP contribution in [0.5, 0.6) is 0 Å². The minimum absolute atomic E-state index is 0.0915. The monoisotopic (exact) mass is 299 g/mol. The summed E-state index contributed by atoms with van der Waals surface area (Å²) < 4.78 is 16.0. The number of hydrogen-bond donors (Lipinski definition) is 1. The van der Waals surface area contributed by atoms with Crippen LogP contribution in [0.3, 0.4) is 0 Å². The second kappa shape index (κ2) is 8.11. The van der Waals surface area contributed by atoms with Crippen molar-refractivity contribution in [2.45, 2.75) is 57.0 Å². The van der Waals surface area contributed by atoms with Crippen LogP contribution in [0.4, 0.5) is 0 Å². The van der Waals surface area contributed by atoms with Crippen LogP contribution in [-0.4, -0.2) is 51.1 Å². The Morgan fingerprint density at radius 3 is 2.62 bits per heavy atom. The second-order valence-electron chi connectivity index (χ2n) is 6.07. The van der Waals surface area contributed by atoms with Gasteiger partial charge in [-0.25, -0.2) is 0 Å². The van der Waals surface area contributed by atoms with Crippen molar-refractivity contribution in [3.8, 4) is 0 Å². The van der Waals surface area contributed by atoms with Crippen molar-refractivity contribution in [2.24, 2.45) is 5.92 Å². The van der Waals surface area contributed by atoms with Crippen LogP contribution in [0.25, 0.3) is 0 Å². The van der Waals surface area contributed by atoms with E-state index in [4.69, 9.17) is 14.2 Å². The largest absolute Gasteiger partial charge is 0.468 e. The molecule has 0 aromatic heterocycles. The van der Waals surface area contributed by atoms with Crippen LogP contribution in [0.15, 0.2) is 0 Å². The average Bonchev–Trinajstić information content (AvgIpc) is 3.21. The third kappa shape index (κ3) is 4.41. The van der Waals surface area contributed by atoms with E-state index in [0.29, 0.717) is 31.8 Å². The first kappa shape index (κ1) is 16.7. The number of nitrogens with one attached hydrogen (secondary N) is 1. The lowest BCUT2D eigenvalue weighted by atomic mass is 9.84. The minimum atomic E-state index is -0.473. The second-order valence-corrected chi connectivity index (χ2v) is 6.07. The first-order valence-electron chi connectivity index (χ1n) is 8.24. The summed E-state index contributed by atoms with van der Waals surface area (Å²) in [6.45, 7) is 4.66. The summed E-state index contributed by atoms with van der Waals surface area (Å²) in [5.74, 6) is 0.226. The van der Waals surface area contributed by atoms with E-state index in [1.165, 1.54) is 20.0 Å². The smallest absolute Gasteiger partial charge is 0.326 e. The molecule has 2 unspecified atom stereocenters. The van der Waals surface area contributed by atoms with Crippen molar-refractivity contribution >= 4 is 5.97 Å². The predicted molar refractivity (Wildman–Crippen MR) is 80.2 cm³/mol. The number of hydrogen-bond acceptors (Lipinski definition) is 5. The van der Waals surface area contributed by atoms with Gasteiger partial charge in [-0.3, -0.25) is 10.1 Å². The predicted octanol–water partition coefficient (Wildman–Crippen LogP) is 1.89. The van der Waals surface area contributed by atoms with E-state index in [9.17, 15) is 4.79 Å². The van der Waals surface area contributed by atoms with E-state index in [0.717, 1.165) is 32.3 Å². The van der Waals surface area contributed by atoms with Crippen LogP contribution in [0.1, 0.15) is 45.4 Å². The Bertz CT molecular complexity index is 332. The van der Waals surface area contributed by atoms with Gasteiger partial charge in [-0.1, -0.05) is 6.42 Å². The van der Waals surface area contributed by atoms with Gasteiger partial charge >= 0.3 is 5.97 Å². The van der Waals surface area contributed by atoms with Gasteiger partial charge in [-0.05, 0) is 44.9 Å². The van der Waals surface area contributed by atoms with E-state index in [-0.39, 0.29) is 5.97 Å². The molecule has 0 spiro atoms. The van der Waals surface area contributed by atoms with E-state index < -0.39 is 5.54 Å². The van der Waals surface area contributed by atoms with Gasteiger partial charge in [-0.15, -0.1) is 0 Å². The zero-order valence-corrected chi connectivity index (χ0v) is 13.4. The van der Waals surface area contributed by atoms with E-state index in [2.05, 4.69) is 5.32 Å². The molecule has 2 saturated carbocycles. The zero-order chi connectivity index (χ0) is 15.1. The maximum atomic E-state index is 12.3. The van der Waals surface area contributed by atoms with Crippen molar-refractivity contribution in [1.82, 2.24) is 5.32 Å². The Morgan fingerprint density at radius 1 is 1.19 bits per heavy atom. The fourth-order valence-corrected chi connectivity index (χ4v) is 3.35. The molecule has 2 aliphatic carbocycles. The summed E-state index contributed by atoms with van der Waals surface area (Å²) in [7, 11) is 1.49. The highest BCUT2D eigenvalue weighted by Gasteiger charge is 2.51. The van der Waals surface area contributed by atoms with Gasteiger partial charge in [0.1, 0.15) is 5.54 Å². The summed E-state index contributed by atoms with van der Waals surface area (Å²) in [5.41, 5.74) is -0.473. The fraction of sp³-hybridized carbons (Fsp3) is 0.938. The first-order valence-corrected chi connectivity index (χ1v) is 8.24. The summed E-state index contributed by atoms with van der Waals surface area (Å²) >= 11 is 0. The Hall–Kier alpha value is -0.650. The van der Waals surface area contributed by atoms with Gasteiger partial charge in [0.2, 0.25) is 0 Å². The van der Waals surface area contributed by atoms with Gasteiger partial charge in [0.15, 0.2) is 0 Å². The van der Waals surface area contributed by atoms with Gasteiger partial charge < -0.3 is 14.2 Å². The molecule has 0 saturated heterocycles. The number of rotatable bonds is 10. The molecular formula is C16H29NO4.